The van der Waals surface area contributed by atoms with Crippen LogP contribution in [0.1, 0.15) is 16.1 Å². The number of hydrogen-bond acceptors (Lipinski definition) is 5. The molecule has 0 unspecified atom stereocenters. The van der Waals surface area contributed by atoms with Gasteiger partial charge in [-0.05, 0) is 18.2 Å². The number of piperazine rings is 1. The fourth-order valence-electron chi connectivity index (χ4n) is 2.90. The molecule has 0 atom stereocenters. The number of nitrogens with one attached hydrogen (secondary N) is 1. The van der Waals surface area contributed by atoms with E-state index in [9.17, 15) is 4.79 Å². The van der Waals surface area contributed by atoms with Crippen LogP contribution in [0.4, 0.5) is 0 Å². The smallest absolute Gasteiger partial charge is 0.255 e. The average molecular weight is 322 g/mol. The lowest BCUT2D eigenvalue weighted by molar-refractivity contribution is 0.0735. The van der Waals surface area contributed by atoms with Gasteiger partial charge in [-0.2, -0.15) is 0 Å². The molecule has 1 amide bonds. The third-order valence-corrected chi connectivity index (χ3v) is 4.17. The first-order valence-electron chi connectivity index (χ1n) is 8.02. The summed E-state index contributed by atoms with van der Waals surface area (Å²) >= 11 is 0. The number of fused-ring (bicyclic) bond motifs is 1. The minimum absolute atomic E-state index is 0.0187. The molecule has 7 heteroatoms. The quantitative estimate of drug-likeness (QED) is 0.776. The number of rotatable bonds is 3. The predicted molar refractivity (Wildman–Crippen MR) is 89.6 cm³/mol. The van der Waals surface area contributed by atoms with Crippen molar-refractivity contribution in [2.75, 3.05) is 26.2 Å². The van der Waals surface area contributed by atoms with Crippen molar-refractivity contribution in [2.24, 2.45) is 0 Å². The Morgan fingerprint density at radius 3 is 2.83 bits per heavy atom. The van der Waals surface area contributed by atoms with Gasteiger partial charge in [-0.25, -0.2) is 9.97 Å². The number of imidazole rings is 1. The Balaban J connectivity index is 1.59. The number of amides is 1. The summed E-state index contributed by atoms with van der Waals surface area (Å²) in [4.78, 5) is 27.6. The molecule has 122 valence electrons. The highest BCUT2D eigenvalue weighted by Gasteiger charge is 2.19. The first-order valence-corrected chi connectivity index (χ1v) is 8.02. The zero-order chi connectivity index (χ0) is 16.4. The summed E-state index contributed by atoms with van der Waals surface area (Å²) in [6, 6.07) is 7.64. The van der Waals surface area contributed by atoms with Gasteiger partial charge in [0.15, 0.2) is 5.65 Å². The zero-order valence-electron chi connectivity index (χ0n) is 13.2. The van der Waals surface area contributed by atoms with Crippen LogP contribution in [0.15, 0.2) is 43.0 Å². The van der Waals surface area contributed by atoms with Gasteiger partial charge < -0.3 is 14.8 Å². The van der Waals surface area contributed by atoms with Gasteiger partial charge in [0, 0.05) is 38.6 Å². The molecule has 4 heterocycles. The molecule has 0 aromatic carbocycles. The van der Waals surface area contributed by atoms with Crippen LogP contribution in [-0.2, 0) is 6.54 Å². The van der Waals surface area contributed by atoms with E-state index in [0.717, 1.165) is 43.0 Å². The maximum atomic E-state index is 12.6. The molecule has 0 saturated carbocycles. The van der Waals surface area contributed by atoms with Gasteiger partial charge in [0.05, 0.1) is 24.1 Å². The molecular weight excluding hydrogens is 304 g/mol. The minimum Gasteiger partial charge on any atom is -0.336 e. The highest BCUT2D eigenvalue weighted by Crippen LogP contribution is 2.15. The Labute approximate surface area is 139 Å². The normalized spacial score (nSPS) is 14.9. The molecule has 4 rings (SSSR count). The first kappa shape index (κ1) is 14.8. The van der Waals surface area contributed by atoms with Gasteiger partial charge in [-0.3, -0.25) is 9.78 Å². The largest absolute Gasteiger partial charge is 0.336 e. The summed E-state index contributed by atoms with van der Waals surface area (Å²) in [5.74, 6) is 0.0187. The molecule has 0 aliphatic carbocycles. The molecule has 1 aliphatic rings. The lowest BCUT2D eigenvalue weighted by atomic mass is 10.2. The second kappa shape index (κ2) is 6.37. The van der Waals surface area contributed by atoms with E-state index in [-0.39, 0.29) is 5.91 Å². The second-order valence-electron chi connectivity index (χ2n) is 5.80. The van der Waals surface area contributed by atoms with Crippen LogP contribution >= 0.6 is 0 Å². The van der Waals surface area contributed by atoms with Crippen molar-refractivity contribution in [1.29, 1.82) is 0 Å². The van der Waals surface area contributed by atoms with E-state index < -0.39 is 0 Å². The lowest BCUT2D eigenvalue weighted by Gasteiger charge is -2.27. The molecule has 0 bridgehead atoms. The number of aromatic nitrogens is 4. The monoisotopic (exact) mass is 322 g/mol. The summed E-state index contributed by atoms with van der Waals surface area (Å²) < 4.78 is 1.94. The Hall–Kier alpha value is -2.80. The lowest BCUT2D eigenvalue weighted by Crippen LogP contribution is -2.46. The maximum absolute atomic E-state index is 12.6. The van der Waals surface area contributed by atoms with E-state index in [1.807, 2.05) is 33.7 Å². The Kier molecular flexibility index (Phi) is 3.92. The zero-order valence-corrected chi connectivity index (χ0v) is 13.2. The van der Waals surface area contributed by atoms with Gasteiger partial charge in [0.2, 0.25) is 0 Å². The van der Waals surface area contributed by atoms with E-state index in [4.69, 9.17) is 0 Å². The highest BCUT2D eigenvalue weighted by molar-refractivity contribution is 5.96. The summed E-state index contributed by atoms with van der Waals surface area (Å²) in [5.41, 5.74) is 3.02. The van der Waals surface area contributed by atoms with Gasteiger partial charge >= 0.3 is 0 Å². The molecule has 1 N–H and O–H groups in total. The molecule has 24 heavy (non-hydrogen) atoms. The van der Waals surface area contributed by atoms with Crippen molar-refractivity contribution >= 4 is 17.1 Å². The molecule has 1 aliphatic heterocycles. The van der Waals surface area contributed by atoms with Crippen LogP contribution in [0.5, 0.6) is 0 Å². The van der Waals surface area contributed by atoms with Crippen LogP contribution in [0.3, 0.4) is 0 Å². The molecule has 1 saturated heterocycles. The first-order chi connectivity index (χ1) is 11.8. The molecule has 1 fully saturated rings. The van der Waals surface area contributed by atoms with Crippen LogP contribution in [0.25, 0.3) is 11.2 Å². The fourth-order valence-corrected chi connectivity index (χ4v) is 2.90. The van der Waals surface area contributed by atoms with Gasteiger partial charge in [0.1, 0.15) is 5.52 Å². The summed E-state index contributed by atoms with van der Waals surface area (Å²) in [6.07, 6.45) is 5.15. The van der Waals surface area contributed by atoms with Gasteiger partial charge in [-0.15, -0.1) is 0 Å². The van der Waals surface area contributed by atoms with Crippen molar-refractivity contribution in [2.45, 2.75) is 6.54 Å². The molecular formula is C17H18N6O. The standard InChI is InChI=1S/C17H18N6O/c24-17(22-7-5-18-6-8-22)13-9-15-16(20-10-13)23(12-21-15)11-14-3-1-2-4-19-14/h1-4,9-10,12,18H,5-8,11H2. The van der Waals surface area contributed by atoms with Crippen molar-refractivity contribution in [3.8, 4) is 0 Å². The van der Waals surface area contributed by atoms with Gasteiger partial charge in [-0.1, -0.05) is 6.07 Å². The number of hydrogen-bond donors (Lipinski definition) is 1. The molecule has 0 radical (unpaired) electrons. The summed E-state index contributed by atoms with van der Waals surface area (Å²) in [5, 5.41) is 3.25. The fraction of sp³-hybridized carbons (Fsp3) is 0.294. The van der Waals surface area contributed by atoms with Crippen molar-refractivity contribution in [3.05, 3.63) is 54.2 Å². The summed E-state index contributed by atoms with van der Waals surface area (Å²) in [7, 11) is 0. The van der Waals surface area contributed by atoms with Crippen LogP contribution in [-0.4, -0.2) is 56.5 Å². The van der Waals surface area contributed by atoms with E-state index >= 15 is 0 Å². The molecule has 3 aromatic rings. The molecule has 7 nitrogen and oxygen atoms in total. The van der Waals surface area contributed by atoms with Crippen LogP contribution in [0.2, 0.25) is 0 Å². The predicted octanol–water partition coefficient (Wildman–Crippen LogP) is 0.920. The Morgan fingerprint density at radius 2 is 2.04 bits per heavy atom. The third-order valence-electron chi connectivity index (χ3n) is 4.17. The highest BCUT2D eigenvalue weighted by atomic mass is 16.2. The average Bonchev–Trinajstić information content (AvgIpc) is 3.05. The van der Waals surface area contributed by atoms with Crippen molar-refractivity contribution < 1.29 is 4.79 Å². The van der Waals surface area contributed by atoms with E-state index in [1.165, 1.54) is 0 Å². The van der Waals surface area contributed by atoms with Crippen LogP contribution < -0.4 is 5.32 Å². The third kappa shape index (κ3) is 2.85. The number of pyridine rings is 2. The Morgan fingerprint density at radius 1 is 1.17 bits per heavy atom. The minimum atomic E-state index is 0.0187. The van der Waals surface area contributed by atoms with E-state index in [0.29, 0.717) is 12.1 Å². The van der Waals surface area contributed by atoms with Crippen molar-refractivity contribution in [1.82, 2.24) is 29.7 Å². The SMILES string of the molecule is O=C(c1cnc2c(c1)ncn2Cc1ccccn1)N1CCNCC1. The number of carbonyl (C=O) groups excluding carboxylic acids is 1. The van der Waals surface area contributed by atoms with Gasteiger partial charge in [0.25, 0.3) is 5.91 Å². The summed E-state index contributed by atoms with van der Waals surface area (Å²) in [6.45, 7) is 3.73. The topological polar surface area (TPSA) is 75.9 Å². The molecule has 0 spiro atoms. The number of carbonyl (C=O) groups is 1. The van der Waals surface area contributed by atoms with E-state index in [1.54, 1.807) is 18.7 Å². The number of nitrogens with zero attached hydrogens (tertiary/aromatic N) is 5. The van der Waals surface area contributed by atoms with Crippen molar-refractivity contribution in [3.63, 3.8) is 0 Å². The van der Waals surface area contributed by atoms with Crippen LogP contribution in [0, 0.1) is 0 Å². The maximum Gasteiger partial charge on any atom is 0.255 e. The molecule has 3 aromatic heterocycles. The van der Waals surface area contributed by atoms with E-state index in [2.05, 4.69) is 20.3 Å². The second-order valence-corrected chi connectivity index (χ2v) is 5.80. The Bertz CT molecular complexity index is 854.